The summed E-state index contributed by atoms with van der Waals surface area (Å²) < 4.78 is 4.84. The van der Waals surface area contributed by atoms with Gasteiger partial charge in [0, 0.05) is 38.8 Å². The van der Waals surface area contributed by atoms with Crippen LogP contribution >= 0.6 is 0 Å². The van der Waals surface area contributed by atoms with Gasteiger partial charge in [-0.3, -0.25) is 4.57 Å². The minimum absolute atomic E-state index is 0.0662. The lowest BCUT2D eigenvalue weighted by Crippen LogP contribution is -2.28. The van der Waals surface area contributed by atoms with Crippen LogP contribution in [0.3, 0.4) is 0 Å². The molecule has 0 aliphatic carbocycles. The molecule has 66 heavy (non-hydrogen) atoms. The summed E-state index contributed by atoms with van der Waals surface area (Å²) in [4.78, 5) is 10.6. The van der Waals surface area contributed by atoms with Crippen LogP contribution in [0.15, 0.2) is 224 Å². The summed E-state index contributed by atoms with van der Waals surface area (Å²) in [5.41, 5.74) is 12.6. The van der Waals surface area contributed by atoms with E-state index in [1.54, 1.807) is 0 Å². The molecular weight excluding hydrogens is 803 g/mol. The molecule has 0 amide bonds. The Morgan fingerprint density at radius 2 is 1.14 bits per heavy atom. The van der Waals surface area contributed by atoms with Crippen molar-refractivity contribution in [2.75, 3.05) is 0 Å². The highest BCUT2D eigenvalue weighted by Gasteiger charge is 2.29. The first-order valence-electron chi connectivity index (χ1n) is 23.0. The average molecular weight is 847 g/mol. The van der Waals surface area contributed by atoms with Crippen molar-refractivity contribution in [3.05, 3.63) is 241 Å². The van der Waals surface area contributed by atoms with E-state index in [1.165, 1.54) is 59.8 Å². The Bertz CT molecular complexity index is 3830. The number of aliphatic imine (C=N–C) groups is 1. The topological polar surface area (TPSA) is 49.2 Å². The fraction of sp³-hybridized carbons (Fsp3) is 0.0820. The van der Waals surface area contributed by atoms with E-state index in [4.69, 9.17) is 15.3 Å². The predicted octanol–water partition coefficient (Wildman–Crippen LogP) is 15.9. The minimum Gasteiger partial charge on any atom is -0.629 e. The van der Waals surface area contributed by atoms with Crippen molar-refractivity contribution in [3.8, 4) is 22.6 Å². The lowest BCUT2D eigenvalue weighted by atomic mass is 9.81. The molecule has 0 N–H and O–H groups in total. The van der Waals surface area contributed by atoms with Crippen molar-refractivity contribution in [2.24, 2.45) is 10.9 Å². The average Bonchev–Trinajstić information content (AvgIpc) is 3.90. The van der Waals surface area contributed by atoms with Crippen molar-refractivity contribution in [3.63, 3.8) is 0 Å². The summed E-state index contributed by atoms with van der Waals surface area (Å²) in [6.45, 7) is 2.28. The molecule has 5 nitrogen and oxygen atoms in total. The second-order valence-electron chi connectivity index (χ2n) is 17.6. The van der Waals surface area contributed by atoms with Crippen LogP contribution in [0.1, 0.15) is 42.2 Å². The normalized spacial score (nSPS) is 16.5. The van der Waals surface area contributed by atoms with Gasteiger partial charge >= 0.3 is 0 Å². The molecule has 314 valence electrons. The zero-order chi connectivity index (χ0) is 43.7. The van der Waals surface area contributed by atoms with Gasteiger partial charge in [-0.05, 0) is 105 Å². The number of hydrogen-bond acceptors (Lipinski definition) is 2. The zero-order valence-electron chi connectivity index (χ0n) is 36.5. The Labute approximate surface area is 382 Å². The van der Waals surface area contributed by atoms with E-state index in [0.717, 1.165) is 56.8 Å². The molecule has 0 bridgehead atoms. The molecule has 0 radical (unpaired) electrons. The summed E-state index contributed by atoms with van der Waals surface area (Å²) in [7, 11) is 0. The second kappa shape index (κ2) is 15.5. The van der Waals surface area contributed by atoms with Crippen molar-refractivity contribution < 1.29 is 0 Å². The van der Waals surface area contributed by atoms with Gasteiger partial charge in [-0.1, -0.05) is 182 Å². The molecule has 0 saturated carbocycles. The smallest absolute Gasteiger partial charge is 0.137 e. The highest BCUT2D eigenvalue weighted by Crippen LogP contribution is 2.47. The number of hydrogen-bond donors (Lipinski definition) is 0. The van der Waals surface area contributed by atoms with Crippen LogP contribution in [-0.4, -0.2) is 19.8 Å². The van der Waals surface area contributed by atoms with Gasteiger partial charge in [0.05, 0.1) is 27.8 Å². The van der Waals surface area contributed by atoms with E-state index in [0.29, 0.717) is 0 Å². The molecule has 1 aliphatic rings. The molecule has 12 aromatic rings. The first kappa shape index (κ1) is 38.3. The van der Waals surface area contributed by atoms with Gasteiger partial charge in [-0.25, -0.2) is 4.98 Å². The zero-order valence-corrected chi connectivity index (χ0v) is 36.5. The Balaban J connectivity index is 1.06. The first-order valence-corrected chi connectivity index (χ1v) is 23.0. The maximum atomic E-state index is 5.67. The van der Waals surface area contributed by atoms with Crippen LogP contribution in [-0.2, 0) is 0 Å². The number of fused-ring (bicyclic) bond motifs is 9. The van der Waals surface area contributed by atoms with E-state index >= 15 is 0 Å². The molecule has 3 unspecified atom stereocenters. The fourth-order valence-electron chi connectivity index (χ4n) is 10.8. The Hall–Kier alpha value is -8.12. The van der Waals surface area contributed by atoms with Crippen LogP contribution in [0.2, 0.25) is 0 Å². The summed E-state index contributed by atoms with van der Waals surface area (Å²) in [6, 6.07) is 76.9. The van der Waals surface area contributed by atoms with Crippen molar-refractivity contribution in [1.29, 1.82) is 0 Å². The van der Waals surface area contributed by atoms with Crippen LogP contribution in [0.4, 0.5) is 0 Å². The quantitative estimate of drug-likeness (QED) is 0.158. The lowest BCUT2D eigenvalue weighted by molar-refractivity contribution is 0.521. The number of pyridine rings is 1. The summed E-state index contributed by atoms with van der Waals surface area (Å²) >= 11 is 0. The molecule has 13 rings (SSSR count). The standard InChI is InChI=1S/C61H44N5/c1-2-46-59(42-20-7-4-8-21-42)63-61(43-30-28-40(29-31-43)39-17-5-3-6-18-39)64-60(46)45-35-44-22-10-11-23-47(44)54(36-45)65-52-26-14-13-25-49(52)50-37-51-56(38-55(50)65)66(57-27-15-16-34-62-57)53-33-32-41-19-9-12-24-48(41)58(51)53/h3-38,46,59,61H,2H2,1H3/q-1. The Morgan fingerprint density at radius 3 is 1.92 bits per heavy atom. The van der Waals surface area contributed by atoms with Gasteiger partial charge in [0.2, 0.25) is 0 Å². The van der Waals surface area contributed by atoms with Crippen molar-refractivity contribution in [1.82, 2.24) is 14.1 Å². The first-order chi connectivity index (χ1) is 32.7. The highest BCUT2D eigenvalue weighted by atomic mass is 15.1. The molecule has 9 aromatic carbocycles. The number of nitrogens with zero attached hydrogens (tertiary/aromatic N) is 5. The molecule has 0 spiro atoms. The number of benzene rings is 9. The number of para-hydroxylation sites is 1. The molecule has 0 saturated heterocycles. The van der Waals surface area contributed by atoms with Gasteiger partial charge in [0.25, 0.3) is 0 Å². The van der Waals surface area contributed by atoms with Gasteiger partial charge < -0.3 is 14.9 Å². The largest absolute Gasteiger partial charge is 0.629 e. The van der Waals surface area contributed by atoms with E-state index in [-0.39, 0.29) is 18.1 Å². The molecule has 3 atom stereocenters. The molecule has 0 fully saturated rings. The molecule has 1 aliphatic heterocycles. The molecule has 5 heteroatoms. The van der Waals surface area contributed by atoms with E-state index in [1.807, 2.05) is 12.3 Å². The number of aromatic nitrogens is 3. The van der Waals surface area contributed by atoms with Crippen LogP contribution in [0.5, 0.6) is 0 Å². The molecular formula is C61H44N5-. The van der Waals surface area contributed by atoms with Gasteiger partial charge in [-0.2, -0.15) is 0 Å². The molecule has 4 heterocycles. The summed E-state index contributed by atoms with van der Waals surface area (Å²) in [5, 5.41) is 15.3. The Morgan fingerprint density at radius 1 is 0.455 bits per heavy atom. The van der Waals surface area contributed by atoms with Crippen LogP contribution < -0.4 is 0 Å². The monoisotopic (exact) mass is 846 g/mol. The predicted molar refractivity (Wildman–Crippen MR) is 275 cm³/mol. The van der Waals surface area contributed by atoms with Crippen LogP contribution in [0, 0.1) is 5.92 Å². The van der Waals surface area contributed by atoms with Crippen molar-refractivity contribution >= 4 is 70.9 Å². The van der Waals surface area contributed by atoms with E-state index < -0.39 is 0 Å². The minimum atomic E-state index is -0.362. The fourth-order valence-corrected chi connectivity index (χ4v) is 10.8. The SMILES string of the molecule is CCC1C(c2cc(-n3c4ccccc4c4cc5c6c7ccccc7ccc6n(-c6ccccn6)c5cc43)c3ccccc3c2)=NC(c2ccc(-c3ccccc3)cc2)[N-]C1c1ccccc1. The Kier molecular flexibility index (Phi) is 9.03. The summed E-state index contributed by atoms with van der Waals surface area (Å²) in [6.07, 6.45) is 2.42. The van der Waals surface area contributed by atoms with Gasteiger partial charge in [0.1, 0.15) is 5.82 Å². The van der Waals surface area contributed by atoms with Crippen LogP contribution in [0.25, 0.3) is 93.1 Å². The summed E-state index contributed by atoms with van der Waals surface area (Å²) in [5.74, 6) is 0.966. The third kappa shape index (κ3) is 6.12. The highest BCUT2D eigenvalue weighted by molar-refractivity contribution is 6.25. The second-order valence-corrected chi connectivity index (χ2v) is 17.6. The molecule has 3 aromatic heterocycles. The van der Waals surface area contributed by atoms with E-state index in [2.05, 4.69) is 222 Å². The van der Waals surface area contributed by atoms with Crippen molar-refractivity contribution in [2.45, 2.75) is 25.6 Å². The third-order valence-corrected chi connectivity index (χ3v) is 13.9. The number of rotatable bonds is 7. The third-order valence-electron chi connectivity index (χ3n) is 13.9. The maximum absolute atomic E-state index is 5.67. The van der Waals surface area contributed by atoms with E-state index in [9.17, 15) is 0 Å². The maximum Gasteiger partial charge on any atom is 0.137 e. The lowest BCUT2D eigenvalue weighted by Gasteiger charge is -2.48. The van der Waals surface area contributed by atoms with Gasteiger partial charge in [0.15, 0.2) is 0 Å². The van der Waals surface area contributed by atoms with Gasteiger partial charge in [-0.15, -0.1) is 0 Å².